The van der Waals surface area contributed by atoms with E-state index in [4.69, 9.17) is 11.6 Å². The van der Waals surface area contributed by atoms with Gasteiger partial charge in [-0.2, -0.15) is 0 Å². The van der Waals surface area contributed by atoms with Gasteiger partial charge in [0.1, 0.15) is 12.7 Å². The van der Waals surface area contributed by atoms with Gasteiger partial charge in [0, 0.05) is 0 Å². The van der Waals surface area contributed by atoms with Crippen LogP contribution in [0.15, 0.2) is 12.7 Å². The molecule has 0 aliphatic rings. The molecule has 0 saturated heterocycles. The van der Waals surface area contributed by atoms with Gasteiger partial charge in [-0.3, -0.25) is 0 Å². The summed E-state index contributed by atoms with van der Waals surface area (Å²) in [6, 6.07) is 0. The van der Waals surface area contributed by atoms with E-state index in [0.29, 0.717) is 0 Å². The number of halogens is 1. The Labute approximate surface area is 73.8 Å². The van der Waals surface area contributed by atoms with Crippen LogP contribution >= 0.6 is 11.6 Å². The van der Waals surface area contributed by atoms with E-state index in [1.807, 2.05) is 0 Å². The average molecular weight is 140 g/mol. The number of rotatable bonds is 0. The maximum atomic E-state index is 5.28. The Morgan fingerprint density at radius 3 is 2.00 bits per heavy atom. The predicted octanol–water partition coefficient (Wildman–Crippen LogP) is -0.124. The zero-order valence-electron chi connectivity index (χ0n) is 3.37. The Balaban J connectivity index is 0.000000490. The molecular formula is C3H3ClN3Na. The van der Waals surface area contributed by atoms with E-state index in [1.54, 1.807) is 0 Å². The number of hydrogen-bond acceptors (Lipinski definition) is 3. The van der Waals surface area contributed by atoms with Crippen LogP contribution in [0.2, 0.25) is 5.28 Å². The van der Waals surface area contributed by atoms with E-state index in [1.165, 1.54) is 12.7 Å². The first-order valence-corrected chi connectivity index (χ1v) is 2.05. The molecule has 0 fully saturated rings. The average Bonchev–Trinajstić information content (AvgIpc) is 1.69. The van der Waals surface area contributed by atoms with Gasteiger partial charge in [0.2, 0.25) is 5.28 Å². The molecule has 0 aliphatic carbocycles. The van der Waals surface area contributed by atoms with Gasteiger partial charge in [-0.05, 0) is 11.6 Å². The Morgan fingerprint density at radius 2 is 1.75 bits per heavy atom. The molecule has 0 amide bonds. The molecule has 1 rings (SSSR count). The van der Waals surface area contributed by atoms with Gasteiger partial charge in [-0.15, -0.1) is 0 Å². The first-order chi connectivity index (χ1) is 3.39. The zero-order chi connectivity index (χ0) is 5.11. The second kappa shape index (κ2) is 4.21. The molecule has 1 aromatic rings. The third kappa shape index (κ3) is 2.57. The Morgan fingerprint density at radius 1 is 1.25 bits per heavy atom. The normalized spacial score (nSPS) is 7.62. The first kappa shape index (κ1) is 8.30. The van der Waals surface area contributed by atoms with Crippen molar-refractivity contribution >= 4 is 41.2 Å². The standard InChI is InChI=1S/C3H2ClN3.Na.H/c4-3-6-1-5-2-7-3;;/h1-2H;;. The molecule has 0 radical (unpaired) electrons. The van der Waals surface area contributed by atoms with Crippen molar-refractivity contribution in [2.75, 3.05) is 0 Å². The summed E-state index contributed by atoms with van der Waals surface area (Å²) in [4.78, 5) is 10.6. The molecule has 8 heavy (non-hydrogen) atoms. The van der Waals surface area contributed by atoms with Crippen LogP contribution in [0.25, 0.3) is 0 Å². The summed E-state index contributed by atoms with van der Waals surface area (Å²) in [7, 11) is 0. The molecule has 0 spiro atoms. The van der Waals surface area contributed by atoms with Crippen LogP contribution in [0.5, 0.6) is 0 Å². The van der Waals surface area contributed by atoms with Crippen molar-refractivity contribution in [3.8, 4) is 0 Å². The van der Waals surface area contributed by atoms with Crippen molar-refractivity contribution < 1.29 is 0 Å². The molecule has 0 atom stereocenters. The van der Waals surface area contributed by atoms with E-state index in [9.17, 15) is 0 Å². The van der Waals surface area contributed by atoms with Crippen molar-refractivity contribution in [3.05, 3.63) is 17.9 Å². The fourth-order valence-corrected chi connectivity index (χ4v) is 0.312. The first-order valence-electron chi connectivity index (χ1n) is 1.67. The van der Waals surface area contributed by atoms with E-state index < -0.39 is 0 Å². The van der Waals surface area contributed by atoms with Gasteiger partial charge >= 0.3 is 29.6 Å². The fraction of sp³-hybridized carbons (Fsp3) is 0. The summed E-state index contributed by atoms with van der Waals surface area (Å²) in [5.74, 6) is 0. The molecule has 0 aliphatic heterocycles. The van der Waals surface area contributed by atoms with Gasteiger partial charge in [-0.25, -0.2) is 15.0 Å². The molecule has 0 unspecified atom stereocenters. The topological polar surface area (TPSA) is 38.7 Å². The van der Waals surface area contributed by atoms with Crippen molar-refractivity contribution in [2.45, 2.75) is 0 Å². The molecule has 38 valence electrons. The van der Waals surface area contributed by atoms with Crippen molar-refractivity contribution in [2.24, 2.45) is 0 Å². The van der Waals surface area contributed by atoms with E-state index in [-0.39, 0.29) is 34.8 Å². The van der Waals surface area contributed by atoms with Crippen LogP contribution in [-0.2, 0) is 0 Å². The number of aromatic nitrogens is 3. The van der Waals surface area contributed by atoms with Crippen LogP contribution in [0.3, 0.4) is 0 Å². The Hall–Kier alpha value is 0.300. The maximum absolute atomic E-state index is 5.28. The van der Waals surface area contributed by atoms with Crippen LogP contribution in [0.4, 0.5) is 0 Å². The summed E-state index contributed by atoms with van der Waals surface area (Å²) < 4.78 is 0. The summed E-state index contributed by atoms with van der Waals surface area (Å²) in [5, 5.41) is 0.231. The minimum absolute atomic E-state index is 0. The monoisotopic (exact) mass is 139 g/mol. The molecule has 1 aromatic heterocycles. The quantitative estimate of drug-likeness (QED) is 0.471. The SMILES string of the molecule is Clc1ncncn1.[NaH]. The van der Waals surface area contributed by atoms with Crippen LogP contribution in [-0.4, -0.2) is 44.5 Å². The summed E-state index contributed by atoms with van der Waals surface area (Å²) >= 11 is 5.28. The Kier molecular flexibility index (Phi) is 4.36. The number of nitrogens with zero attached hydrogens (tertiary/aromatic N) is 3. The molecule has 1 heterocycles. The van der Waals surface area contributed by atoms with Crippen LogP contribution in [0.1, 0.15) is 0 Å². The van der Waals surface area contributed by atoms with Crippen molar-refractivity contribution in [1.82, 2.24) is 15.0 Å². The molecule has 3 nitrogen and oxygen atoms in total. The number of hydrogen-bond donors (Lipinski definition) is 0. The zero-order valence-corrected chi connectivity index (χ0v) is 4.13. The molecule has 0 aromatic carbocycles. The van der Waals surface area contributed by atoms with E-state index in [2.05, 4.69) is 15.0 Å². The summed E-state index contributed by atoms with van der Waals surface area (Å²) in [5.41, 5.74) is 0. The van der Waals surface area contributed by atoms with Gasteiger partial charge in [0.15, 0.2) is 0 Å². The van der Waals surface area contributed by atoms with Crippen LogP contribution in [0, 0.1) is 0 Å². The molecule has 0 bridgehead atoms. The van der Waals surface area contributed by atoms with Gasteiger partial charge in [0.25, 0.3) is 0 Å². The second-order valence-electron chi connectivity index (χ2n) is 0.907. The third-order valence-electron chi connectivity index (χ3n) is 0.462. The van der Waals surface area contributed by atoms with Gasteiger partial charge in [0.05, 0.1) is 0 Å². The molecular weight excluding hydrogens is 136 g/mol. The predicted molar refractivity (Wildman–Crippen MR) is 32.0 cm³/mol. The van der Waals surface area contributed by atoms with E-state index >= 15 is 0 Å². The Bertz CT molecular complexity index is 144. The van der Waals surface area contributed by atoms with Gasteiger partial charge < -0.3 is 0 Å². The van der Waals surface area contributed by atoms with Crippen LogP contribution < -0.4 is 0 Å². The molecule has 5 heteroatoms. The minimum atomic E-state index is 0. The summed E-state index contributed by atoms with van der Waals surface area (Å²) in [6.45, 7) is 0. The summed E-state index contributed by atoms with van der Waals surface area (Å²) in [6.07, 6.45) is 2.69. The second-order valence-corrected chi connectivity index (χ2v) is 1.25. The fourth-order valence-electron chi connectivity index (χ4n) is 0.225. The van der Waals surface area contributed by atoms with Crippen molar-refractivity contribution in [3.63, 3.8) is 0 Å². The molecule has 0 N–H and O–H groups in total. The van der Waals surface area contributed by atoms with Gasteiger partial charge in [-0.1, -0.05) is 0 Å². The van der Waals surface area contributed by atoms with E-state index in [0.717, 1.165) is 0 Å². The third-order valence-corrected chi connectivity index (χ3v) is 0.657. The molecule has 0 saturated carbocycles. The van der Waals surface area contributed by atoms with Crippen molar-refractivity contribution in [1.29, 1.82) is 0 Å².